The van der Waals surface area contributed by atoms with Crippen LogP contribution < -0.4 is 5.73 Å². The fourth-order valence-corrected chi connectivity index (χ4v) is 2.11. The van der Waals surface area contributed by atoms with Crippen molar-refractivity contribution in [3.8, 4) is 11.1 Å². The van der Waals surface area contributed by atoms with Crippen LogP contribution in [0.1, 0.15) is 9.67 Å². The number of benzene rings is 1. The van der Waals surface area contributed by atoms with E-state index in [2.05, 4.69) is 0 Å². The van der Waals surface area contributed by atoms with E-state index >= 15 is 0 Å². The maximum atomic E-state index is 11.1. The molecule has 2 aromatic rings. The first-order valence-corrected chi connectivity index (χ1v) is 5.09. The van der Waals surface area contributed by atoms with Gasteiger partial charge >= 0.3 is 0 Å². The van der Waals surface area contributed by atoms with Crippen molar-refractivity contribution in [1.29, 1.82) is 0 Å². The van der Waals surface area contributed by atoms with Gasteiger partial charge < -0.3 is 5.73 Å². The number of primary amides is 1. The zero-order chi connectivity index (χ0) is 9.97. The van der Waals surface area contributed by atoms with Crippen molar-refractivity contribution in [1.82, 2.24) is 0 Å². The summed E-state index contributed by atoms with van der Waals surface area (Å²) in [5.74, 6) is -0.362. The lowest BCUT2D eigenvalue weighted by atomic mass is 10.1. The topological polar surface area (TPSA) is 43.1 Å². The molecule has 0 saturated carbocycles. The molecule has 4 heteroatoms. The third-order valence-electron chi connectivity index (χ3n) is 1.97. The molecule has 15 heavy (non-hydrogen) atoms. The first-order chi connectivity index (χ1) is 6.79. The fraction of sp³-hybridized carbons (Fsp3) is 0. The normalized spacial score (nSPS) is 9.33. The summed E-state index contributed by atoms with van der Waals surface area (Å²) in [5, 5.41) is 1.88. The van der Waals surface area contributed by atoms with E-state index in [1.165, 1.54) is 11.3 Å². The molecule has 0 aliphatic carbocycles. The van der Waals surface area contributed by atoms with Crippen molar-refractivity contribution in [3.63, 3.8) is 0 Å². The average molecular weight is 240 g/mol. The lowest BCUT2D eigenvalue weighted by molar-refractivity contribution is 0.100. The molecule has 0 saturated heterocycles. The van der Waals surface area contributed by atoms with Gasteiger partial charge in [0.25, 0.3) is 5.91 Å². The van der Waals surface area contributed by atoms with E-state index < -0.39 is 0 Å². The van der Waals surface area contributed by atoms with Gasteiger partial charge in [-0.3, -0.25) is 4.79 Å². The molecular formula is C11H10ClNOS. The van der Waals surface area contributed by atoms with Gasteiger partial charge in [0.15, 0.2) is 0 Å². The minimum atomic E-state index is -0.362. The number of carbonyl (C=O) groups is 1. The highest BCUT2D eigenvalue weighted by atomic mass is 35.5. The van der Waals surface area contributed by atoms with Crippen molar-refractivity contribution in [2.45, 2.75) is 0 Å². The van der Waals surface area contributed by atoms with Crippen LogP contribution in [0.2, 0.25) is 0 Å². The molecule has 0 unspecified atom stereocenters. The molecule has 2 N–H and O–H groups in total. The van der Waals surface area contributed by atoms with Crippen LogP contribution in [-0.4, -0.2) is 5.91 Å². The second kappa shape index (κ2) is 4.96. The molecule has 78 valence electrons. The van der Waals surface area contributed by atoms with Gasteiger partial charge in [-0.2, -0.15) is 0 Å². The van der Waals surface area contributed by atoms with E-state index in [0.717, 1.165) is 11.1 Å². The Morgan fingerprint density at radius 2 is 1.80 bits per heavy atom. The van der Waals surface area contributed by atoms with E-state index in [0.29, 0.717) is 4.88 Å². The lowest BCUT2D eigenvalue weighted by Crippen LogP contribution is -2.09. The Hall–Kier alpha value is -1.32. The number of halogens is 1. The van der Waals surface area contributed by atoms with Crippen LogP contribution in [0.3, 0.4) is 0 Å². The van der Waals surface area contributed by atoms with Crippen LogP contribution in [0.5, 0.6) is 0 Å². The van der Waals surface area contributed by atoms with E-state index in [1.807, 2.05) is 41.8 Å². The molecule has 0 spiro atoms. The maximum absolute atomic E-state index is 11.1. The molecule has 2 rings (SSSR count). The molecule has 0 atom stereocenters. The number of thiophene rings is 1. The molecule has 0 fully saturated rings. The minimum Gasteiger partial charge on any atom is -0.365 e. The number of nitrogens with two attached hydrogens (primary N) is 1. The van der Waals surface area contributed by atoms with Crippen molar-refractivity contribution >= 4 is 29.7 Å². The summed E-state index contributed by atoms with van der Waals surface area (Å²) in [7, 11) is 0. The summed E-state index contributed by atoms with van der Waals surface area (Å²) >= 11 is 1.38. The molecule has 1 aromatic carbocycles. The third-order valence-corrected chi connectivity index (χ3v) is 2.90. The highest BCUT2D eigenvalue weighted by Crippen LogP contribution is 2.27. The predicted octanol–water partition coefficient (Wildman–Crippen LogP) is 2.94. The Labute approximate surface area is 98.1 Å². The van der Waals surface area contributed by atoms with Gasteiger partial charge in [-0.15, -0.1) is 23.7 Å². The van der Waals surface area contributed by atoms with Gasteiger partial charge in [-0.25, -0.2) is 0 Å². The summed E-state index contributed by atoms with van der Waals surface area (Å²) in [5.41, 5.74) is 7.22. The summed E-state index contributed by atoms with van der Waals surface area (Å²) in [6, 6.07) is 11.7. The number of hydrogen-bond acceptors (Lipinski definition) is 2. The smallest absolute Gasteiger partial charge is 0.259 e. The maximum Gasteiger partial charge on any atom is 0.259 e. The predicted molar refractivity (Wildman–Crippen MR) is 65.5 cm³/mol. The van der Waals surface area contributed by atoms with E-state index in [4.69, 9.17) is 5.73 Å². The summed E-state index contributed by atoms with van der Waals surface area (Å²) in [6.07, 6.45) is 0. The van der Waals surface area contributed by atoms with Crippen molar-refractivity contribution in [2.24, 2.45) is 5.73 Å². The Balaban J connectivity index is 0.00000112. The summed E-state index contributed by atoms with van der Waals surface area (Å²) in [4.78, 5) is 11.7. The van der Waals surface area contributed by atoms with E-state index in [9.17, 15) is 4.79 Å². The Kier molecular flexibility index (Phi) is 3.88. The Bertz CT molecular complexity index is 453. The SMILES string of the molecule is Cl.NC(=O)c1sccc1-c1ccccc1. The molecule has 0 aliphatic heterocycles. The highest BCUT2D eigenvalue weighted by molar-refractivity contribution is 7.12. The van der Waals surface area contributed by atoms with Gasteiger partial charge in [-0.05, 0) is 17.0 Å². The zero-order valence-electron chi connectivity index (χ0n) is 7.84. The second-order valence-electron chi connectivity index (χ2n) is 2.89. The van der Waals surface area contributed by atoms with Crippen LogP contribution in [-0.2, 0) is 0 Å². The molecule has 1 aromatic heterocycles. The fourth-order valence-electron chi connectivity index (χ4n) is 1.35. The van der Waals surface area contributed by atoms with Gasteiger partial charge in [-0.1, -0.05) is 30.3 Å². The van der Waals surface area contributed by atoms with Gasteiger partial charge in [0.2, 0.25) is 0 Å². The quantitative estimate of drug-likeness (QED) is 0.860. The van der Waals surface area contributed by atoms with Gasteiger partial charge in [0.1, 0.15) is 0 Å². The Morgan fingerprint density at radius 3 is 2.40 bits per heavy atom. The van der Waals surface area contributed by atoms with Crippen molar-refractivity contribution in [2.75, 3.05) is 0 Å². The van der Waals surface area contributed by atoms with Gasteiger partial charge in [0.05, 0.1) is 4.88 Å². The average Bonchev–Trinajstić information content (AvgIpc) is 2.67. The number of rotatable bonds is 2. The summed E-state index contributed by atoms with van der Waals surface area (Å²) in [6.45, 7) is 0. The van der Waals surface area contributed by atoms with Crippen LogP contribution in [0.25, 0.3) is 11.1 Å². The Morgan fingerprint density at radius 1 is 1.13 bits per heavy atom. The number of carbonyl (C=O) groups excluding carboxylic acids is 1. The lowest BCUT2D eigenvalue weighted by Gasteiger charge is -1.99. The van der Waals surface area contributed by atoms with Crippen LogP contribution in [0, 0.1) is 0 Å². The molecule has 1 amide bonds. The van der Waals surface area contributed by atoms with E-state index in [-0.39, 0.29) is 18.3 Å². The number of hydrogen-bond donors (Lipinski definition) is 1. The molecule has 0 bridgehead atoms. The first-order valence-electron chi connectivity index (χ1n) is 4.22. The summed E-state index contributed by atoms with van der Waals surface area (Å²) < 4.78 is 0. The van der Waals surface area contributed by atoms with Crippen LogP contribution in [0.4, 0.5) is 0 Å². The second-order valence-corrected chi connectivity index (χ2v) is 3.81. The van der Waals surface area contributed by atoms with Crippen molar-refractivity contribution in [3.05, 3.63) is 46.7 Å². The largest absolute Gasteiger partial charge is 0.365 e. The monoisotopic (exact) mass is 239 g/mol. The molecule has 2 nitrogen and oxygen atoms in total. The zero-order valence-corrected chi connectivity index (χ0v) is 9.48. The van der Waals surface area contributed by atoms with Gasteiger partial charge in [0, 0.05) is 5.56 Å². The molecule has 1 heterocycles. The molecule has 0 aliphatic rings. The third kappa shape index (κ3) is 2.37. The number of amides is 1. The highest BCUT2D eigenvalue weighted by Gasteiger charge is 2.10. The molecule has 0 radical (unpaired) electrons. The van der Waals surface area contributed by atoms with Crippen LogP contribution in [0.15, 0.2) is 41.8 Å². The van der Waals surface area contributed by atoms with E-state index in [1.54, 1.807) is 0 Å². The minimum absolute atomic E-state index is 0. The molecular weight excluding hydrogens is 230 g/mol. The van der Waals surface area contributed by atoms with Crippen LogP contribution >= 0.6 is 23.7 Å². The standard InChI is InChI=1S/C11H9NOS.ClH/c12-11(13)10-9(6-7-14-10)8-4-2-1-3-5-8;/h1-7H,(H2,12,13);1H. The first kappa shape index (κ1) is 11.8. The van der Waals surface area contributed by atoms with Crippen molar-refractivity contribution < 1.29 is 4.79 Å².